The largest absolute Gasteiger partial charge is 0.492 e. The normalized spacial score (nSPS) is 10.4. The Morgan fingerprint density at radius 1 is 1.32 bits per heavy atom. The fourth-order valence-corrected chi connectivity index (χ4v) is 3.27. The van der Waals surface area contributed by atoms with Crippen LogP contribution in [-0.2, 0) is 6.42 Å². The first-order chi connectivity index (χ1) is 9.20. The minimum atomic E-state index is 0.622. The molecule has 0 fully saturated rings. The molecule has 0 radical (unpaired) electrons. The molecule has 0 aliphatic heterocycles. The van der Waals surface area contributed by atoms with Gasteiger partial charge in [-0.2, -0.15) is 0 Å². The molecule has 1 aromatic heterocycles. The van der Waals surface area contributed by atoms with Gasteiger partial charge in [-0.15, -0.1) is 11.3 Å². The van der Waals surface area contributed by atoms with E-state index in [0.717, 1.165) is 24.4 Å². The van der Waals surface area contributed by atoms with Gasteiger partial charge in [-0.25, -0.2) is 0 Å². The molecule has 0 saturated heterocycles. The standard InChI is InChI=1S/C14H17BrN2OS/c1-2-18-12-5-3-4-11(14(12)16)17-9-8-10-6-7-13(15)19-10/h3-7,17H,2,8-9,16H2,1H3. The number of nitrogen functional groups attached to an aromatic ring is 1. The Labute approximate surface area is 125 Å². The van der Waals surface area contributed by atoms with E-state index in [1.807, 2.05) is 25.1 Å². The number of para-hydroxylation sites is 1. The lowest BCUT2D eigenvalue weighted by atomic mass is 10.2. The third kappa shape index (κ3) is 3.88. The summed E-state index contributed by atoms with van der Waals surface area (Å²) in [5.74, 6) is 0.742. The van der Waals surface area contributed by atoms with Crippen LogP contribution >= 0.6 is 27.3 Å². The maximum atomic E-state index is 6.06. The fourth-order valence-electron chi connectivity index (χ4n) is 1.79. The van der Waals surface area contributed by atoms with Gasteiger partial charge in [-0.3, -0.25) is 0 Å². The minimum absolute atomic E-state index is 0.622. The molecule has 3 nitrogen and oxygen atoms in total. The topological polar surface area (TPSA) is 47.3 Å². The Balaban J connectivity index is 1.94. The molecule has 19 heavy (non-hydrogen) atoms. The molecule has 5 heteroatoms. The highest BCUT2D eigenvalue weighted by Gasteiger charge is 2.05. The molecule has 0 spiro atoms. The number of halogens is 1. The van der Waals surface area contributed by atoms with Crippen LogP contribution in [0.3, 0.4) is 0 Å². The molecule has 3 N–H and O–H groups in total. The smallest absolute Gasteiger partial charge is 0.144 e. The first-order valence-electron chi connectivity index (χ1n) is 6.20. The zero-order chi connectivity index (χ0) is 13.7. The third-order valence-corrected chi connectivity index (χ3v) is 4.37. The molecule has 2 aromatic rings. The maximum Gasteiger partial charge on any atom is 0.144 e. The van der Waals surface area contributed by atoms with Gasteiger partial charge < -0.3 is 15.8 Å². The Morgan fingerprint density at radius 3 is 2.84 bits per heavy atom. The lowest BCUT2D eigenvalue weighted by molar-refractivity contribution is 0.342. The fraction of sp³-hybridized carbons (Fsp3) is 0.286. The third-order valence-electron chi connectivity index (χ3n) is 2.68. The first-order valence-corrected chi connectivity index (χ1v) is 7.81. The van der Waals surface area contributed by atoms with E-state index < -0.39 is 0 Å². The number of nitrogens with two attached hydrogens (primary N) is 1. The van der Waals surface area contributed by atoms with Gasteiger partial charge in [0.1, 0.15) is 5.75 Å². The van der Waals surface area contributed by atoms with E-state index >= 15 is 0 Å². The average molecular weight is 341 g/mol. The molecule has 2 rings (SSSR count). The summed E-state index contributed by atoms with van der Waals surface area (Å²) >= 11 is 5.23. The van der Waals surface area contributed by atoms with E-state index in [2.05, 4.69) is 33.4 Å². The van der Waals surface area contributed by atoms with Crippen LogP contribution in [0.15, 0.2) is 34.1 Å². The highest BCUT2D eigenvalue weighted by molar-refractivity contribution is 9.11. The molecule has 0 atom stereocenters. The highest BCUT2D eigenvalue weighted by atomic mass is 79.9. The number of thiophene rings is 1. The number of rotatable bonds is 6. The molecular formula is C14H17BrN2OS. The van der Waals surface area contributed by atoms with Crippen LogP contribution < -0.4 is 15.8 Å². The van der Waals surface area contributed by atoms with Crippen LogP contribution in [0.25, 0.3) is 0 Å². The Hall–Kier alpha value is -1.20. The van der Waals surface area contributed by atoms with Crippen LogP contribution in [0, 0.1) is 0 Å². The molecule has 0 amide bonds. The Bertz CT molecular complexity index is 542. The quantitative estimate of drug-likeness (QED) is 0.776. The summed E-state index contributed by atoms with van der Waals surface area (Å²) < 4.78 is 6.64. The van der Waals surface area contributed by atoms with E-state index in [1.165, 1.54) is 8.66 Å². The van der Waals surface area contributed by atoms with Crippen molar-refractivity contribution < 1.29 is 4.74 Å². The van der Waals surface area contributed by atoms with Crippen molar-refractivity contribution in [1.82, 2.24) is 0 Å². The molecule has 1 aromatic carbocycles. The lowest BCUT2D eigenvalue weighted by Crippen LogP contribution is -2.07. The van der Waals surface area contributed by atoms with Gasteiger partial charge in [0.05, 0.1) is 21.8 Å². The van der Waals surface area contributed by atoms with Gasteiger partial charge in [0.25, 0.3) is 0 Å². The summed E-state index contributed by atoms with van der Waals surface area (Å²) in [5.41, 5.74) is 7.67. The summed E-state index contributed by atoms with van der Waals surface area (Å²) in [4.78, 5) is 1.35. The maximum absolute atomic E-state index is 6.06. The van der Waals surface area contributed by atoms with Crippen molar-refractivity contribution in [3.8, 4) is 5.75 Å². The predicted octanol–water partition coefficient (Wildman–Crippen LogP) is 4.15. The summed E-state index contributed by atoms with van der Waals surface area (Å²) in [6.45, 7) is 3.43. The van der Waals surface area contributed by atoms with Crippen molar-refractivity contribution >= 4 is 38.6 Å². The number of ether oxygens (including phenoxy) is 1. The van der Waals surface area contributed by atoms with Crippen molar-refractivity contribution in [1.29, 1.82) is 0 Å². The number of nitrogens with one attached hydrogen (secondary N) is 1. The van der Waals surface area contributed by atoms with Crippen molar-refractivity contribution in [2.24, 2.45) is 0 Å². The van der Waals surface area contributed by atoms with Crippen molar-refractivity contribution in [3.63, 3.8) is 0 Å². The second-order valence-corrected chi connectivity index (χ2v) is 6.58. The Kier molecular flexibility index (Phi) is 5.10. The van der Waals surface area contributed by atoms with E-state index in [9.17, 15) is 0 Å². The van der Waals surface area contributed by atoms with Gasteiger partial charge in [-0.05, 0) is 53.5 Å². The molecule has 0 unspecified atom stereocenters. The molecular weight excluding hydrogens is 324 g/mol. The summed E-state index contributed by atoms with van der Waals surface area (Å²) in [6.07, 6.45) is 0.981. The molecule has 0 aliphatic carbocycles. The van der Waals surface area contributed by atoms with Gasteiger partial charge in [0.2, 0.25) is 0 Å². The zero-order valence-corrected chi connectivity index (χ0v) is 13.2. The number of anilines is 2. The minimum Gasteiger partial charge on any atom is -0.492 e. The SMILES string of the molecule is CCOc1cccc(NCCc2ccc(Br)s2)c1N. The van der Waals surface area contributed by atoms with Crippen LogP contribution in [0.5, 0.6) is 5.75 Å². The number of hydrogen-bond acceptors (Lipinski definition) is 4. The van der Waals surface area contributed by atoms with E-state index in [-0.39, 0.29) is 0 Å². The summed E-state index contributed by atoms with van der Waals surface area (Å²) in [5, 5.41) is 3.36. The van der Waals surface area contributed by atoms with E-state index in [1.54, 1.807) is 11.3 Å². The molecule has 0 bridgehead atoms. The molecule has 0 aliphatic rings. The number of benzene rings is 1. The Morgan fingerprint density at radius 2 is 2.16 bits per heavy atom. The zero-order valence-electron chi connectivity index (χ0n) is 10.8. The summed E-state index contributed by atoms with van der Waals surface area (Å²) in [6, 6.07) is 10.0. The monoisotopic (exact) mass is 340 g/mol. The molecule has 102 valence electrons. The molecule has 1 heterocycles. The second-order valence-electron chi connectivity index (χ2n) is 4.03. The predicted molar refractivity (Wildman–Crippen MR) is 86.2 cm³/mol. The highest BCUT2D eigenvalue weighted by Crippen LogP contribution is 2.29. The van der Waals surface area contributed by atoms with Gasteiger partial charge in [0.15, 0.2) is 0 Å². The van der Waals surface area contributed by atoms with Gasteiger partial charge in [-0.1, -0.05) is 6.07 Å². The van der Waals surface area contributed by atoms with Crippen LogP contribution in [0.4, 0.5) is 11.4 Å². The van der Waals surface area contributed by atoms with Crippen LogP contribution in [0.2, 0.25) is 0 Å². The van der Waals surface area contributed by atoms with Crippen molar-refractivity contribution in [2.75, 3.05) is 24.2 Å². The number of hydrogen-bond donors (Lipinski definition) is 2. The first kappa shape index (κ1) is 14.2. The van der Waals surface area contributed by atoms with Crippen LogP contribution in [0.1, 0.15) is 11.8 Å². The second kappa shape index (κ2) is 6.82. The van der Waals surface area contributed by atoms with Gasteiger partial charge >= 0.3 is 0 Å². The van der Waals surface area contributed by atoms with Crippen molar-refractivity contribution in [2.45, 2.75) is 13.3 Å². The average Bonchev–Trinajstić information content (AvgIpc) is 2.80. The molecule has 0 saturated carbocycles. The van der Waals surface area contributed by atoms with Crippen LogP contribution in [-0.4, -0.2) is 13.2 Å². The van der Waals surface area contributed by atoms with Crippen molar-refractivity contribution in [3.05, 3.63) is 39.0 Å². The van der Waals surface area contributed by atoms with E-state index in [4.69, 9.17) is 10.5 Å². The van der Waals surface area contributed by atoms with Gasteiger partial charge in [0, 0.05) is 11.4 Å². The summed E-state index contributed by atoms with van der Waals surface area (Å²) in [7, 11) is 0. The van der Waals surface area contributed by atoms with E-state index in [0.29, 0.717) is 12.3 Å². The lowest BCUT2D eigenvalue weighted by Gasteiger charge is -2.12.